The number of nitrogens with zero attached hydrogens (tertiary/aromatic N) is 1. The third kappa shape index (κ3) is 18.6. The first kappa shape index (κ1) is 38.5. The average Bonchev–Trinajstić information content (AvgIpc) is 3.01. The molecule has 43 heavy (non-hydrogen) atoms. The quantitative estimate of drug-likeness (QED) is 0.0779. The fourth-order valence-corrected chi connectivity index (χ4v) is 5.28. The van der Waals surface area contributed by atoms with Crippen molar-refractivity contribution in [2.45, 2.75) is 143 Å². The number of carbonyl (C=O) groups excluding carboxylic acids is 3. The zero-order valence-electron chi connectivity index (χ0n) is 28.1. The molecular weight excluding hydrogens is 538 g/mol. The molecule has 0 radical (unpaired) electrons. The monoisotopic (exact) mass is 601 g/mol. The van der Waals surface area contributed by atoms with Crippen LogP contribution in [0, 0.1) is 0 Å². The largest absolute Gasteiger partial charge is 0.466 e. The highest BCUT2D eigenvalue weighted by molar-refractivity contribution is 6.01. The summed E-state index contributed by atoms with van der Waals surface area (Å²) in [6.45, 7) is 11.1. The van der Waals surface area contributed by atoms with Gasteiger partial charge in [0.25, 0.3) is 11.8 Å². The van der Waals surface area contributed by atoms with E-state index in [0.717, 1.165) is 37.8 Å². The molecular formula is C36H63N3O4. The van der Waals surface area contributed by atoms with Gasteiger partial charge in [-0.1, -0.05) is 111 Å². The van der Waals surface area contributed by atoms with Crippen LogP contribution in [0.5, 0.6) is 0 Å². The highest BCUT2D eigenvalue weighted by atomic mass is 16.5. The van der Waals surface area contributed by atoms with Gasteiger partial charge >= 0.3 is 5.97 Å². The number of ether oxygens (including phenoxy) is 1. The van der Waals surface area contributed by atoms with Crippen molar-refractivity contribution in [2.24, 2.45) is 0 Å². The van der Waals surface area contributed by atoms with Crippen LogP contribution in [0.15, 0.2) is 18.2 Å². The molecule has 7 nitrogen and oxygen atoms in total. The van der Waals surface area contributed by atoms with E-state index in [1.807, 2.05) is 12.1 Å². The molecule has 1 aromatic rings. The summed E-state index contributed by atoms with van der Waals surface area (Å²) in [7, 11) is 0. The van der Waals surface area contributed by atoms with Crippen molar-refractivity contribution in [1.82, 2.24) is 10.6 Å². The van der Waals surface area contributed by atoms with E-state index < -0.39 is 0 Å². The number of hydrogen-bond acceptors (Lipinski definition) is 5. The summed E-state index contributed by atoms with van der Waals surface area (Å²) in [5, 5.41) is 6.13. The van der Waals surface area contributed by atoms with Crippen molar-refractivity contribution >= 4 is 23.5 Å². The van der Waals surface area contributed by atoms with E-state index in [9.17, 15) is 14.4 Å². The van der Waals surface area contributed by atoms with Gasteiger partial charge in [-0.3, -0.25) is 14.4 Å². The van der Waals surface area contributed by atoms with Gasteiger partial charge in [0.1, 0.15) is 0 Å². The van der Waals surface area contributed by atoms with E-state index in [1.54, 1.807) is 13.0 Å². The first-order valence-electron chi connectivity index (χ1n) is 17.6. The SMILES string of the molecule is CCCCCCCCCCNC(=O)c1cc(C(=O)NCCCCCCCCCC)cc(N(CCC)CCC(=O)OCC)c1. The zero-order valence-corrected chi connectivity index (χ0v) is 28.1. The lowest BCUT2D eigenvalue weighted by Crippen LogP contribution is -2.30. The molecule has 0 saturated heterocycles. The molecule has 0 spiro atoms. The van der Waals surface area contributed by atoms with Crippen LogP contribution in [0.2, 0.25) is 0 Å². The number of carbonyl (C=O) groups is 3. The first-order valence-corrected chi connectivity index (χ1v) is 17.6. The topological polar surface area (TPSA) is 87.7 Å². The summed E-state index contributed by atoms with van der Waals surface area (Å²) in [6, 6.07) is 5.39. The van der Waals surface area contributed by atoms with Crippen LogP contribution in [0.3, 0.4) is 0 Å². The summed E-state index contributed by atoms with van der Waals surface area (Å²) >= 11 is 0. The van der Waals surface area contributed by atoms with Gasteiger partial charge in [-0.05, 0) is 44.4 Å². The first-order chi connectivity index (χ1) is 21.0. The lowest BCUT2D eigenvalue weighted by molar-refractivity contribution is -0.142. The highest BCUT2D eigenvalue weighted by Gasteiger charge is 2.17. The molecule has 0 heterocycles. The number of anilines is 1. The number of unbranched alkanes of at least 4 members (excludes halogenated alkanes) is 14. The van der Waals surface area contributed by atoms with Gasteiger partial charge in [0.05, 0.1) is 13.0 Å². The third-order valence-electron chi connectivity index (χ3n) is 7.82. The molecule has 0 saturated carbocycles. The van der Waals surface area contributed by atoms with Gasteiger partial charge < -0.3 is 20.3 Å². The summed E-state index contributed by atoms with van der Waals surface area (Å²) in [4.78, 5) is 40.5. The zero-order chi connectivity index (χ0) is 31.5. The Kier molecular flexibility index (Phi) is 23.1. The van der Waals surface area contributed by atoms with Crippen LogP contribution in [0.4, 0.5) is 5.69 Å². The molecule has 0 unspecified atom stereocenters. The van der Waals surface area contributed by atoms with Crippen molar-refractivity contribution in [3.8, 4) is 0 Å². The van der Waals surface area contributed by atoms with Crippen molar-refractivity contribution in [3.63, 3.8) is 0 Å². The van der Waals surface area contributed by atoms with Gasteiger partial charge in [-0.25, -0.2) is 0 Å². The van der Waals surface area contributed by atoms with Crippen LogP contribution < -0.4 is 15.5 Å². The smallest absolute Gasteiger partial charge is 0.307 e. The van der Waals surface area contributed by atoms with Crippen molar-refractivity contribution in [2.75, 3.05) is 37.7 Å². The fraction of sp³-hybridized carbons (Fsp3) is 0.750. The van der Waals surface area contributed by atoms with E-state index in [1.165, 1.54) is 77.0 Å². The second-order valence-electron chi connectivity index (χ2n) is 11.8. The predicted molar refractivity (Wildman–Crippen MR) is 180 cm³/mol. The van der Waals surface area contributed by atoms with E-state index in [-0.39, 0.29) is 24.2 Å². The second kappa shape index (κ2) is 25.9. The molecule has 0 fully saturated rings. The van der Waals surface area contributed by atoms with Crippen molar-refractivity contribution in [1.29, 1.82) is 0 Å². The normalized spacial score (nSPS) is 10.9. The van der Waals surface area contributed by atoms with Crippen LogP contribution in [-0.2, 0) is 9.53 Å². The Hall–Kier alpha value is -2.57. The van der Waals surface area contributed by atoms with E-state index >= 15 is 0 Å². The van der Waals surface area contributed by atoms with Crippen LogP contribution in [-0.4, -0.2) is 50.6 Å². The van der Waals surface area contributed by atoms with Crippen LogP contribution in [0.25, 0.3) is 0 Å². The van der Waals surface area contributed by atoms with Gasteiger partial charge in [0.15, 0.2) is 0 Å². The maximum Gasteiger partial charge on any atom is 0.307 e. The van der Waals surface area contributed by atoms with Gasteiger partial charge in [-0.15, -0.1) is 0 Å². The van der Waals surface area contributed by atoms with Gasteiger partial charge in [0, 0.05) is 43.0 Å². The molecule has 0 aliphatic rings. The van der Waals surface area contributed by atoms with Gasteiger partial charge in [0.2, 0.25) is 0 Å². The minimum atomic E-state index is -0.244. The maximum atomic E-state index is 13.2. The van der Waals surface area contributed by atoms with E-state index in [0.29, 0.717) is 43.9 Å². The molecule has 1 aromatic carbocycles. The summed E-state index contributed by atoms with van der Waals surface area (Å²) in [5.41, 5.74) is 1.74. The molecule has 1 rings (SSSR count). The highest BCUT2D eigenvalue weighted by Crippen LogP contribution is 2.21. The van der Waals surface area contributed by atoms with E-state index in [2.05, 4.69) is 36.3 Å². The molecule has 2 amide bonds. The van der Waals surface area contributed by atoms with Gasteiger partial charge in [-0.2, -0.15) is 0 Å². The number of amides is 2. The fourth-order valence-electron chi connectivity index (χ4n) is 5.28. The Morgan fingerprint density at radius 1 is 0.581 bits per heavy atom. The lowest BCUT2D eigenvalue weighted by atomic mass is 10.1. The van der Waals surface area contributed by atoms with Crippen molar-refractivity contribution in [3.05, 3.63) is 29.3 Å². The summed E-state index contributed by atoms with van der Waals surface area (Å²) in [5.74, 6) is -0.571. The predicted octanol–water partition coefficient (Wildman–Crippen LogP) is 8.60. The standard InChI is InChI=1S/C36H63N3O4/c1-5-9-11-13-15-17-19-21-24-37-35(41)31-28-32(36(42)38-25-22-20-18-16-14-12-10-6-2)30-33(29-31)39(26-7-3)27-23-34(40)43-8-4/h28-30H,5-27H2,1-4H3,(H,37,41)(H,38,42). The minimum Gasteiger partial charge on any atom is -0.466 e. The molecule has 0 aliphatic carbocycles. The van der Waals surface area contributed by atoms with Crippen LogP contribution >= 0.6 is 0 Å². The second-order valence-corrected chi connectivity index (χ2v) is 11.8. The Bertz CT molecular complexity index is 837. The summed E-state index contributed by atoms with van der Waals surface area (Å²) in [6.07, 6.45) is 20.5. The molecule has 7 heteroatoms. The van der Waals surface area contributed by atoms with E-state index in [4.69, 9.17) is 4.74 Å². The number of esters is 1. The minimum absolute atomic E-state index is 0.163. The number of nitrogens with one attached hydrogen (secondary N) is 2. The Balaban J connectivity index is 2.82. The molecule has 0 aliphatic heterocycles. The molecule has 0 bridgehead atoms. The summed E-state index contributed by atoms with van der Waals surface area (Å²) < 4.78 is 5.13. The molecule has 246 valence electrons. The number of benzene rings is 1. The third-order valence-corrected chi connectivity index (χ3v) is 7.82. The molecule has 0 atom stereocenters. The van der Waals surface area contributed by atoms with Crippen molar-refractivity contribution < 1.29 is 19.1 Å². The lowest BCUT2D eigenvalue weighted by Gasteiger charge is -2.25. The Labute approximate surface area is 263 Å². The number of hydrogen-bond donors (Lipinski definition) is 2. The maximum absolute atomic E-state index is 13.2. The Morgan fingerprint density at radius 2 is 1.02 bits per heavy atom. The average molecular weight is 602 g/mol. The molecule has 0 aromatic heterocycles. The van der Waals surface area contributed by atoms with Crippen LogP contribution in [0.1, 0.15) is 164 Å². The number of rotatable bonds is 27. The Morgan fingerprint density at radius 3 is 1.44 bits per heavy atom. The molecule has 2 N–H and O–H groups in total.